The van der Waals surface area contributed by atoms with Crippen molar-refractivity contribution < 1.29 is 4.74 Å². The Labute approximate surface area is 142 Å². The van der Waals surface area contributed by atoms with E-state index in [0.29, 0.717) is 0 Å². The fraction of sp³-hybridized carbons (Fsp3) is 0.250. The van der Waals surface area contributed by atoms with Gasteiger partial charge < -0.3 is 4.74 Å². The minimum Gasteiger partial charge on any atom is -0.496 e. The minimum absolute atomic E-state index is 0.0802. The van der Waals surface area contributed by atoms with Crippen LogP contribution in [0.1, 0.15) is 28.3 Å². The van der Waals surface area contributed by atoms with Gasteiger partial charge in [0.2, 0.25) is 0 Å². The quantitative estimate of drug-likeness (QED) is 0.577. The van der Waals surface area contributed by atoms with Crippen molar-refractivity contribution >= 4 is 31.9 Å². The maximum atomic E-state index is 5.81. The molecule has 0 aliphatic carbocycles. The van der Waals surface area contributed by atoms with Crippen LogP contribution in [0.5, 0.6) is 5.75 Å². The Hall–Kier alpha value is -0.880. The SMILES string of the molecule is COc1cc(C)c(C(NN)c2cc(Br)cc(Br)c2)cc1C. The number of hydrogen-bond donors (Lipinski definition) is 2. The molecule has 3 nitrogen and oxygen atoms in total. The van der Waals surface area contributed by atoms with Crippen molar-refractivity contribution in [1.29, 1.82) is 0 Å². The monoisotopic (exact) mass is 412 g/mol. The molecule has 5 heteroatoms. The van der Waals surface area contributed by atoms with E-state index in [0.717, 1.165) is 36.9 Å². The van der Waals surface area contributed by atoms with Crippen LogP contribution >= 0.6 is 31.9 Å². The number of aryl methyl sites for hydroxylation is 2. The first-order valence-corrected chi connectivity index (χ1v) is 8.12. The zero-order chi connectivity index (χ0) is 15.6. The van der Waals surface area contributed by atoms with Crippen molar-refractivity contribution in [2.75, 3.05) is 7.11 Å². The lowest BCUT2D eigenvalue weighted by Gasteiger charge is -2.21. The number of halogens is 2. The Morgan fingerprint density at radius 3 is 2.14 bits per heavy atom. The van der Waals surface area contributed by atoms with E-state index in [1.165, 1.54) is 0 Å². The van der Waals surface area contributed by atoms with Crippen LogP contribution in [-0.4, -0.2) is 7.11 Å². The lowest BCUT2D eigenvalue weighted by molar-refractivity contribution is 0.411. The van der Waals surface area contributed by atoms with E-state index in [9.17, 15) is 0 Å². The fourth-order valence-corrected chi connectivity index (χ4v) is 3.78. The predicted molar refractivity (Wildman–Crippen MR) is 93.5 cm³/mol. The highest BCUT2D eigenvalue weighted by molar-refractivity contribution is 9.11. The molecule has 0 bridgehead atoms. The summed E-state index contributed by atoms with van der Waals surface area (Å²) in [6, 6.07) is 10.2. The van der Waals surface area contributed by atoms with Gasteiger partial charge in [0, 0.05) is 8.95 Å². The first-order valence-electron chi connectivity index (χ1n) is 6.53. The number of ether oxygens (including phenoxy) is 1. The zero-order valence-electron chi connectivity index (χ0n) is 12.2. The van der Waals surface area contributed by atoms with Crippen molar-refractivity contribution in [2.45, 2.75) is 19.9 Å². The van der Waals surface area contributed by atoms with Gasteiger partial charge in [0.05, 0.1) is 13.2 Å². The summed E-state index contributed by atoms with van der Waals surface area (Å²) in [5.74, 6) is 6.71. The van der Waals surface area contributed by atoms with Gasteiger partial charge in [-0.2, -0.15) is 0 Å². The molecule has 2 rings (SSSR count). The molecule has 112 valence electrons. The first-order chi connectivity index (χ1) is 9.96. The number of methoxy groups -OCH3 is 1. The van der Waals surface area contributed by atoms with Gasteiger partial charge in [-0.05, 0) is 60.4 Å². The molecule has 21 heavy (non-hydrogen) atoms. The van der Waals surface area contributed by atoms with Crippen molar-refractivity contribution in [2.24, 2.45) is 5.84 Å². The Kier molecular flexibility index (Phi) is 5.43. The van der Waals surface area contributed by atoms with E-state index in [2.05, 4.69) is 62.4 Å². The summed E-state index contributed by atoms with van der Waals surface area (Å²) in [4.78, 5) is 0. The molecule has 1 unspecified atom stereocenters. The lowest BCUT2D eigenvalue weighted by atomic mass is 9.93. The second-order valence-corrected chi connectivity index (χ2v) is 6.81. The smallest absolute Gasteiger partial charge is 0.122 e. The molecule has 0 radical (unpaired) electrons. The van der Waals surface area contributed by atoms with Gasteiger partial charge in [-0.15, -0.1) is 0 Å². The van der Waals surface area contributed by atoms with Crippen LogP contribution in [0, 0.1) is 13.8 Å². The second-order valence-electron chi connectivity index (χ2n) is 4.98. The van der Waals surface area contributed by atoms with Crippen molar-refractivity contribution in [1.82, 2.24) is 5.43 Å². The van der Waals surface area contributed by atoms with Crippen molar-refractivity contribution in [3.8, 4) is 5.75 Å². The Morgan fingerprint density at radius 2 is 1.62 bits per heavy atom. The maximum Gasteiger partial charge on any atom is 0.122 e. The number of rotatable bonds is 4. The molecule has 0 aliphatic rings. The van der Waals surface area contributed by atoms with Crippen LogP contribution < -0.4 is 16.0 Å². The fourth-order valence-electron chi connectivity index (χ4n) is 2.45. The third-order valence-electron chi connectivity index (χ3n) is 3.48. The van der Waals surface area contributed by atoms with Gasteiger partial charge in [0.1, 0.15) is 5.75 Å². The summed E-state index contributed by atoms with van der Waals surface area (Å²) in [7, 11) is 1.69. The van der Waals surface area contributed by atoms with E-state index in [4.69, 9.17) is 10.6 Å². The molecule has 0 amide bonds. The number of hydrogen-bond acceptors (Lipinski definition) is 3. The highest BCUT2D eigenvalue weighted by Gasteiger charge is 2.17. The van der Waals surface area contributed by atoms with E-state index in [1.54, 1.807) is 7.11 Å². The molecule has 0 fully saturated rings. The van der Waals surface area contributed by atoms with E-state index in [-0.39, 0.29) is 6.04 Å². The maximum absolute atomic E-state index is 5.81. The molecule has 2 aromatic rings. The van der Waals surface area contributed by atoms with Crippen LogP contribution in [0.15, 0.2) is 39.3 Å². The molecule has 3 N–H and O–H groups in total. The van der Waals surface area contributed by atoms with Crippen LogP contribution in [0.4, 0.5) is 0 Å². The summed E-state index contributed by atoms with van der Waals surface area (Å²) in [5.41, 5.74) is 7.37. The van der Waals surface area contributed by atoms with Crippen LogP contribution in [0.2, 0.25) is 0 Å². The van der Waals surface area contributed by atoms with E-state index in [1.807, 2.05) is 19.1 Å². The Morgan fingerprint density at radius 1 is 1.00 bits per heavy atom. The van der Waals surface area contributed by atoms with Gasteiger partial charge in [-0.25, -0.2) is 5.43 Å². The highest BCUT2D eigenvalue weighted by atomic mass is 79.9. The number of benzene rings is 2. The summed E-state index contributed by atoms with van der Waals surface area (Å²) in [6.07, 6.45) is 0. The molecular weight excluding hydrogens is 396 g/mol. The normalized spacial score (nSPS) is 12.3. The third-order valence-corrected chi connectivity index (χ3v) is 4.40. The molecule has 0 saturated heterocycles. The van der Waals surface area contributed by atoms with Gasteiger partial charge in [0.15, 0.2) is 0 Å². The Bertz CT molecular complexity index is 639. The predicted octanol–water partition coefficient (Wildman–Crippen LogP) is 4.39. The summed E-state index contributed by atoms with van der Waals surface area (Å²) < 4.78 is 7.39. The number of nitrogens with one attached hydrogen (secondary N) is 1. The topological polar surface area (TPSA) is 47.3 Å². The molecule has 0 heterocycles. The third kappa shape index (κ3) is 3.66. The zero-order valence-corrected chi connectivity index (χ0v) is 15.4. The molecule has 0 spiro atoms. The first kappa shape index (κ1) is 16.5. The summed E-state index contributed by atoms with van der Waals surface area (Å²) in [5, 5.41) is 0. The number of hydrazine groups is 1. The van der Waals surface area contributed by atoms with Crippen LogP contribution in [0.25, 0.3) is 0 Å². The van der Waals surface area contributed by atoms with E-state index < -0.39 is 0 Å². The molecule has 0 aromatic heterocycles. The minimum atomic E-state index is -0.0802. The molecular formula is C16H18Br2N2O. The average Bonchev–Trinajstić information content (AvgIpc) is 2.42. The van der Waals surface area contributed by atoms with Gasteiger partial charge in [-0.1, -0.05) is 37.9 Å². The largest absolute Gasteiger partial charge is 0.496 e. The molecule has 2 aromatic carbocycles. The molecule has 1 atom stereocenters. The standard InChI is InChI=1S/C16H18Br2N2O/c1-9-5-15(21-3)10(2)4-14(9)16(20-19)11-6-12(17)8-13(18)7-11/h4-8,16,20H,19H2,1-3H3. The van der Waals surface area contributed by atoms with Gasteiger partial charge in [0.25, 0.3) is 0 Å². The lowest BCUT2D eigenvalue weighted by Crippen LogP contribution is -2.29. The van der Waals surface area contributed by atoms with Crippen molar-refractivity contribution in [3.05, 3.63) is 61.5 Å². The van der Waals surface area contributed by atoms with Crippen LogP contribution in [-0.2, 0) is 0 Å². The van der Waals surface area contributed by atoms with Crippen molar-refractivity contribution in [3.63, 3.8) is 0 Å². The molecule has 0 aliphatic heterocycles. The molecule has 0 saturated carbocycles. The Balaban J connectivity index is 2.53. The number of nitrogens with two attached hydrogens (primary N) is 1. The highest BCUT2D eigenvalue weighted by Crippen LogP contribution is 2.32. The van der Waals surface area contributed by atoms with E-state index >= 15 is 0 Å². The average molecular weight is 414 g/mol. The summed E-state index contributed by atoms with van der Waals surface area (Å²) in [6.45, 7) is 4.10. The second kappa shape index (κ2) is 6.92. The van der Waals surface area contributed by atoms with Crippen LogP contribution in [0.3, 0.4) is 0 Å². The van der Waals surface area contributed by atoms with Gasteiger partial charge in [-0.3, -0.25) is 5.84 Å². The summed E-state index contributed by atoms with van der Waals surface area (Å²) >= 11 is 7.04. The van der Waals surface area contributed by atoms with Gasteiger partial charge >= 0.3 is 0 Å².